The van der Waals surface area contributed by atoms with Gasteiger partial charge in [-0.2, -0.15) is 0 Å². The van der Waals surface area contributed by atoms with Gasteiger partial charge in [0.15, 0.2) is 0 Å². The Morgan fingerprint density at radius 2 is 0.727 bits per heavy atom. The molecule has 0 N–H and O–H groups in total. The fraction of sp³-hybridized carbons (Fsp3) is 0. The predicted octanol–water partition coefficient (Wildman–Crippen LogP) is 2.94. The van der Waals surface area contributed by atoms with E-state index in [2.05, 4.69) is 91.0 Å². The maximum atomic E-state index is 8.50. The third-order valence-electron chi connectivity index (χ3n) is 3.19. The summed E-state index contributed by atoms with van der Waals surface area (Å²) in [7, 11) is -0.877. The first-order valence-electron chi connectivity index (χ1n) is 6.89. The monoisotopic (exact) mass is 343 g/mol. The topological polar surface area (TPSA) is 34.1 Å². The minimum absolute atomic E-state index is 0.877. The van der Waals surface area contributed by atoms with E-state index >= 15 is 0 Å². The number of benzene rings is 3. The van der Waals surface area contributed by atoms with E-state index in [0.717, 1.165) is 0 Å². The molecule has 4 heteroatoms. The minimum atomic E-state index is -2.00. The normalized spacial score (nSPS) is 9.50. The van der Waals surface area contributed by atoms with Crippen molar-refractivity contribution in [2.24, 2.45) is 0 Å². The van der Waals surface area contributed by atoms with Gasteiger partial charge in [-0.25, -0.2) is 0 Å². The van der Waals surface area contributed by atoms with E-state index in [9.17, 15) is 0 Å². The molecule has 0 aromatic heterocycles. The zero-order valence-corrected chi connectivity index (χ0v) is 14.5. The van der Waals surface area contributed by atoms with Gasteiger partial charge in [0.1, 0.15) is 15.9 Å². The molecule has 0 bridgehead atoms. The fourth-order valence-corrected chi connectivity index (χ4v) is 4.89. The molecule has 0 aliphatic heterocycles. The Morgan fingerprint density at radius 1 is 0.500 bits per heavy atom. The molecule has 3 rings (SSSR count). The molecule has 0 aliphatic rings. The molecule has 0 saturated carbocycles. The SMILES string of the molecule is [O]=[Ti]=[O].c1ccc([PH+](c2ccccc2)c2ccccc2)cc1. The molecule has 3 aromatic carbocycles. The van der Waals surface area contributed by atoms with Crippen LogP contribution in [-0.2, 0) is 25.7 Å². The first kappa shape index (κ1) is 16.8. The maximum absolute atomic E-state index is 8.50. The van der Waals surface area contributed by atoms with Crippen molar-refractivity contribution < 1.29 is 25.7 Å². The van der Waals surface area contributed by atoms with Gasteiger partial charge in [-0.3, -0.25) is 0 Å². The van der Waals surface area contributed by atoms with E-state index < -0.39 is 27.0 Å². The van der Waals surface area contributed by atoms with Crippen LogP contribution in [0.5, 0.6) is 0 Å². The molecule has 0 fully saturated rings. The summed E-state index contributed by atoms with van der Waals surface area (Å²) in [5, 5.41) is 4.31. The van der Waals surface area contributed by atoms with Crippen LogP contribution in [0.3, 0.4) is 0 Å². The van der Waals surface area contributed by atoms with Crippen molar-refractivity contribution in [3.05, 3.63) is 91.0 Å². The summed E-state index contributed by atoms with van der Waals surface area (Å²) in [6.45, 7) is 0. The van der Waals surface area contributed by atoms with Gasteiger partial charge in [0.2, 0.25) is 0 Å². The van der Waals surface area contributed by atoms with Gasteiger partial charge in [0.25, 0.3) is 0 Å². The van der Waals surface area contributed by atoms with Crippen molar-refractivity contribution in [2.45, 2.75) is 0 Å². The Balaban J connectivity index is 0.000000545. The van der Waals surface area contributed by atoms with E-state index in [-0.39, 0.29) is 0 Å². The van der Waals surface area contributed by atoms with Crippen molar-refractivity contribution in [3.8, 4) is 0 Å². The van der Waals surface area contributed by atoms with Crippen molar-refractivity contribution in [3.63, 3.8) is 0 Å². The van der Waals surface area contributed by atoms with Crippen LogP contribution in [0.25, 0.3) is 0 Å². The van der Waals surface area contributed by atoms with Gasteiger partial charge in [0, 0.05) is 0 Å². The molecular formula is C18H16O2PTi+. The van der Waals surface area contributed by atoms with Gasteiger partial charge in [-0.1, -0.05) is 54.6 Å². The smallest absolute Gasteiger partial charge is 0.0620 e. The average Bonchev–Trinajstić information content (AvgIpc) is 2.59. The van der Waals surface area contributed by atoms with Crippen molar-refractivity contribution in [2.75, 3.05) is 0 Å². The largest absolute Gasteiger partial charge is 0.102 e. The average molecular weight is 343 g/mol. The van der Waals surface area contributed by atoms with Crippen LogP contribution in [0, 0.1) is 0 Å². The van der Waals surface area contributed by atoms with E-state index in [1.807, 2.05) is 0 Å². The molecule has 0 aliphatic carbocycles. The Morgan fingerprint density at radius 3 is 0.955 bits per heavy atom. The van der Waals surface area contributed by atoms with Gasteiger partial charge in [-0.05, 0) is 36.4 Å². The molecule has 0 atom stereocenters. The Kier molecular flexibility index (Phi) is 7.19. The summed E-state index contributed by atoms with van der Waals surface area (Å²) in [5.74, 6) is 0. The molecule has 2 nitrogen and oxygen atoms in total. The zero-order valence-electron chi connectivity index (χ0n) is 12.0. The van der Waals surface area contributed by atoms with Crippen molar-refractivity contribution in [1.82, 2.24) is 0 Å². The molecule has 0 saturated heterocycles. The Labute approximate surface area is 140 Å². The van der Waals surface area contributed by atoms with Gasteiger partial charge in [-0.15, -0.1) is 0 Å². The van der Waals surface area contributed by atoms with E-state index in [1.165, 1.54) is 15.9 Å². The summed E-state index contributed by atoms with van der Waals surface area (Å²) in [6, 6.07) is 32.5. The van der Waals surface area contributed by atoms with Crippen molar-refractivity contribution in [1.29, 1.82) is 0 Å². The second-order valence-electron chi connectivity index (χ2n) is 4.56. The van der Waals surface area contributed by atoms with Crippen LogP contribution >= 0.6 is 7.92 Å². The second kappa shape index (κ2) is 9.43. The van der Waals surface area contributed by atoms with Crippen LogP contribution < -0.4 is 15.9 Å². The summed E-state index contributed by atoms with van der Waals surface area (Å²) in [6.07, 6.45) is 0. The van der Waals surface area contributed by atoms with E-state index in [1.54, 1.807) is 0 Å². The zero-order chi connectivity index (χ0) is 15.6. The Bertz CT molecular complexity index is 618. The van der Waals surface area contributed by atoms with Crippen LogP contribution in [-0.4, -0.2) is 0 Å². The molecule has 108 valence electrons. The third kappa shape index (κ3) is 4.71. The fourth-order valence-electron chi connectivity index (χ4n) is 2.31. The number of hydrogen-bond donors (Lipinski definition) is 0. The van der Waals surface area contributed by atoms with Crippen LogP contribution in [0.15, 0.2) is 91.0 Å². The van der Waals surface area contributed by atoms with E-state index in [4.69, 9.17) is 6.65 Å². The quantitative estimate of drug-likeness (QED) is 0.541. The number of hydrogen-bond acceptors (Lipinski definition) is 2. The molecule has 0 heterocycles. The van der Waals surface area contributed by atoms with Crippen LogP contribution in [0.1, 0.15) is 0 Å². The molecule has 22 heavy (non-hydrogen) atoms. The van der Waals surface area contributed by atoms with Gasteiger partial charge in [0.05, 0.1) is 7.92 Å². The third-order valence-corrected chi connectivity index (χ3v) is 5.92. The molecule has 0 unspecified atom stereocenters. The molecular weight excluding hydrogens is 327 g/mol. The maximum Gasteiger partial charge on any atom is 0.102 e. The summed E-state index contributed by atoms with van der Waals surface area (Å²) in [5.41, 5.74) is 0. The standard InChI is InChI=1S/C18H15P.2O.Ti/c1-4-10-16(11-5-1)19(17-12-6-2-7-13-17)18-14-8-3-9-15-18;;;/h1-15H;;;/p+1. The summed E-state index contributed by atoms with van der Waals surface area (Å²) < 4.78 is 17.0. The van der Waals surface area contributed by atoms with Crippen molar-refractivity contribution >= 4 is 23.8 Å². The molecule has 0 radical (unpaired) electrons. The summed E-state index contributed by atoms with van der Waals surface area (Å²) in [4.78, 5) is 0. The van der Waals surface area contributed by atoms with Crippen LogP contribution in [0.4, 0.5) is 0 Å². The molecule has 0 amide bonds. The van der Waals surface area contributed by atoms with Crippen LogP contribution in [0.2, 0.25) is 0 Å². The first-order chi connectivity index (χ1) is 10.9. The van der Waals surface area contributed by atoms with E-state index in [0.29, 0.717) is 0 Å². The number of rotatable bonds is 3. The van der Waals surface area contributed by atoms with Gasteiger partial charge < -0.3 is 0 Å². The molecule has 0 spiro atoms. The predicted molar refractivity (Wildman–Crippen MR) is 87.9 cm³/mol. The minimum Gasteiger partial charge on any atom is -0.0620 e. The van der Waals surface area contributed by atoms with Gasteiger partial charge >= 0.3 is 25.7 Å². The second-order valence-corrected chi connectivity index (χ2v) is 7.30. The summed E-state index contributed by atoms with van der Waals surface area (Å²) >= 11 is -2.00. The first-order valence-corrected chi connectivity index (χ1v) is 9.67. The Hall–Kier alpha value is -1.60. The molecule has 3 aromatic rings.